The molecule has 1 aromatic carbocycles. The summed E-state index contributed by atoms with van der Waals surface area (Å²) in [5.41, 5.74) is 2.11. The highest BCUT2D eigenvalue weighted by atomic mass is 35.5. The van der Waals surface area contributed by atoms with E-state index in [1.54, 1.807) is 6.07 Å². The fraction of sp³-hybridized carbons (Fsp3) is 0.312. The lowest BCUT2D eigenvalue weighted by atomic mass is 10.2. The summed E-state index contributed by atoms with van der Waals surface area (Å²) in [6, 6.07) is 9.60. The van der Waals surface area contributed by atoms with E-state index in [0.717, 1.165) is 30.2 Å². The number of nitrogens with one attached hydrogen (secondary N) is 1. The molecule has 0 spiro atoms. The van der Waals surface area contributed by atoms with E-state index in [-0.39, 0.29) is 0 Å². The van der Waals surface area contributed by atoms with E-state index in [2.05, 4.69) is 21.3 Å². The van der Waals surface area contributed by atoms with Crippen molar-refractivity contribution in [2.75, 3.05) is 23.3 Å². The number of benzene rings is 1. The number of hydrogen-bond acceptors (Lipinski definition) is 3. The molecule has 0 bridgehead atoms. The van der Waals surface area contributed by atoms with Crippen molar-refractivity contribution >= 4 is 34.7 Å². The number of anilines is 2. The predicted molar refractivity (Wildman–Crippen MR) is 89.5 cm³/mol. The summed E-state index contributed by atoms with van der Waals surface area (Å²) in [5, 5.41) is 4.75. The van der Waals surface area contributed by atoms with Crippen LogP contribution < -0.4 is 10.2 Å². The first kappa shape index (κ1) is 14.5. The first-order valence-corrected chi connectivity index (χ1v) is 7.87. The molecule has 2 heterocycles. The third-order valence-electron chi connectivity index (χ3n) is 3.60. The Bertz CT molecular complexity index is 604. The Morgan fingerprint density at radius 1 is 1.10 bits per heavy atom. The minimum Gasteiger partial charge on any atom is -0.378 e. The average Bonchev–Trinajstić information content (AvgIpc) is 2.98. The van der Waals surface area contributed by atoms with Gasteiger partial charge in [-0.3, -0.25) is 0 Å². The number of nitrogens with zero attached hydrogens (tertiary/aromatic N) is 2. The Balaban J connectivity index is 1.75. The third kappa shape index (κ3) is 3.60. The molecular weight excluding hydrogens is 305 g/mol. The highest BCUT2D eigenvalue weighted by molar-refractivity contribution is 6.34. The molecule has 1 saturated heterocycles. The van der Waals surface area contributed by atoms with Crippen LogP contribution in [0, 0.1) is 0 Å². The summed E-state index contributed by atoms with van der Waals surface area (Å²) >= 11 is 12.1. The van der Waals surface area contributed by atoms with Gasteiger partial charge in [0.05, 0.1) is 5.69 Å². The first-order chi connectivity index (χ1) is 10.2. The molecule has 0 amide bonds. The predicted octanol–water partition coefficient (Wildman–Crippen LogP) is 4.60. The number of hydrogen-bond donors (Lipinski definition) is 1. The lowest BCUT2D eigenvalue weighted by Gasteiger charge is -2.20. The first-order valence-electron chi connectivity index (χ1n) is 7.11. The van der Waals surface area contributed by atoms with Gasteiger partial charge < -0.3 is 10.2 Å². The molecule has 5 heteroatoms. The monoisotopic (exact) mass is 321 g/mol. The van der Waals surface area contributed by atoms with Crippen molar-refractivity contribution in [3.8, 4) is 0 Å². The number of aromatic nitrogens is 1. The van der Waals surface area contributed by atoms with Gasteiger partial charge in [0.2, 0.25) is 0 Å². The van der Waals surface area contributed by atoms with E-state index in [0.29, 0.717) is 16.6 Å². The second kappa shape index (κ2) is 6.54. The van der Waals surface area contributed by atoms with Gasteiger partial charge in [-0.2, -0.15) is 0 Å². The van der Waals surface area contributed by atoms with Crippen LogP contribution in [0.5, 0.6) is 0 Å². The Labute approximate surface area is 134 Å². The quantitative estimate of drug-likeness (QED) is 0.891. The molecule has 0 radical (unpaired) electrons. The summed E-state index contributed by atoms with van der Waals surface area (Å²) in [5.74, 6) is 1.03. The Hall–Kier alpha value is -1.45. The molecule has 1 N–H and O–H groups in total. The van der Waals surface area contributed by atoms with E-state index in [1.807, 2.05) is 24.4 Å². The zero-order valence-electron chi connectivity index (χ0n) is 11.6. The summed E-state index contributed by atoms with van der Waals surface area (Å²) < 4.78 is 0. The average molecular weight is 322 g/mol. The Morgan fingerprint density at radius 2 is 1.81 bits per heavy atom. The smallest absolute Gasteiger partial charge is 0.151 e. The van der Waals surface area contributed by atoms with Crippen LogP contribution in [0.2, 0.25) is 10.0 Å². The van der Waals surface area contributed by atoms with Crippen LogP contribution in [-0.2, 0) is 6.54 Å². The van der Waals surface area contributed by atoms with Gasteiger partial charge in [0.25, 0.3) is 0 Å². The molecule has 21 heavy (non-hydrogen) atoms. The molecule has 1 fully saturated rings. The van der Waals surface area contributed by atoms with Gasteiger partial charge in [0.15, 0.2) is 5.82 Å². The highest BCUT2D eigenvalue weighted by Crippen LogP contribution is 2.27. The summed E-state index contributed by atoms with van der Waals surface area (Å²) in [6.07, 6.45) is 4.31. The molecular formula is C16H17Cl2N3. The second-order valence-corrected chi connectivity index (χ2v) is 6.07. The van der Waals surface area contributed by atoms with Gasteiger partial charge in [0, 0.05) is 35.9 Å². The largest absolute Gasteiger partial charge is 0.378 e. The van der Waals surface area contributed by atoms with Crippen molar-refractivity contribution in [1.82, 2.24) is 4.98 Å². The molecule has 1 aromatic heterocycles. The molecule has 3 nitrogen and oxygen atoms in total. The van der Waals surface area contributed by atoms with Gasteiger partial charge in [-0.15, -0.1) is 0 Å². The molecule has 1 aliphatic heterocycles. The minimum absolute atomic E-state index is 0.658. The van der Waals surface area contributed by atoms with Crippen LogP contribution in [0.25, 0.3) is 0 Å². The number of rotatable bonds is 4. The van der Waals surface area contributed by atoms with Crippen LogP contribution in [0.15, 0.2) is 36.5 Å². The molecule has 0 aliphatic carbocycles. The zero-order chi connectivity index (χ0) is 14.7. The van der Waals surface area contributed by atoms with Crippen molar-refractivity contribution in [2.45, 2.75) is 19.4 Å². The molecule has 0 unspecified atom stereocenters. The Kier molecular flexibility index (Phi) is 4.51. The lowest BCUT2D eigenvalue weighted by Crippen LogP contribution is -2.20. The fourth-order valence-corrected chi connectivity index (χ4v) is 3.20. The SMILES string of the molecule is Clc1cc(Cl)cc(CNc2cccnc2N2CCCC2)c1. The molecule has 2 aromatic rings. The van der Waals surface area contributed by atoms with Crippen molar-refractivity contribution in [3.63, 3.8) is 0 Å². The lowest BCUT2D eigenvalue weighted by molar-refractivity contribution is 0.935. The van der Waals surface area contributed by atoms with Crippen LogP contribution in [-0.4, -0.2) is 18.1 Å². The minimum atomic E-state index is 0.658. The highest BCUT2D eigenvalue weighted by Gasteiger charge is 2.16. The van der Waals surface area contributed by atoms with Gasteiger partial charge in [-0.05, 0) is 48.7 Å². The fourth-order valence-electron chi connectivity index (χ4n) is 2.63. The zero-order valence-corrected chi connectivity index (χ0v) is 13.2. The third-order valence-corrected chi connectivity index (χ3v) is 4.03. The van der Waals surface area contributed by atoms with Crippen LogP contribution in [0.3, 0.4) is 0 Å². The molecule has 0 saturated carbocycles. The second-order valence-electron chi connectivity index (χ2n) is 5.20. The van der Waals surface area contributed by atoms with E-state index < -0.39 is 0 Å². The number of halogens is 2. The van der Waals surface area contributed by atoms with E-state index in [4.69, 9.17) is 23.2 Å². The summed E-state index contributed by atoms with van der Waals surface area (Å²) in [6.45, 7) is 2.83. The maximum Gasteiger partial charge on any atom is 0.151 e. The molecule has 3 rings (SSSR count). The standard InChI is InChI=1S/C16H17Cl2N3/c17-13-8-12(9-14(18)10-13)11-20-15-4-3-5-19-16(15)21-6-1-2-7-21/h3-5,8-10,20H,1-2,6-7,11H2. The molecule has 0 atom stereocenters. The summed E-state index contributed by atoms with van der Waals surface area (Å²) in [4.78, 5) is 6.85. The van der Waals surface area contributed by atoms with Crippen molar-refractivity contribution in [1.29, 1.82) is 0 Å². The van der Waals surface area contributed by atoms with E-state index in [1.165, 1.54) is 12.8 Å². The van der Waals surface area contributed by atoms with E-state index in [9.17, 15) is 0 Å². The maximum atomic E-state index is 6.03. The normalized spacial score (nSPS) is 14.5. The van der Waals surface area contributed by atoms with Gasteiger partial charge in [-0.1, -0.05) is 23.2 Å². The summed E-state index contributed by atoms with van der Waals surface area (Å²) in [7, 11) is 0. The Morgan fingerprint density at radius 3 is 2.52 bits per heavy atom. The maximum absolute atomic E-state index is 6.03. The molecule has 1 aliphatic rings. The van der Waals surface area contributed by atoms with E-state index >= 15 is 0 Å². The van der Waals surface area contributed by atoms with Gasteiger partial charge in [0.1, 0.15) is 0 Å². The van der Waals surface area contributed by atoms with Crippen LogP contribution in [0.1, 0.15) is 18.4 Å². The van der Waals surface area contributed by atoms with Gasteiger partial charge >= 0.3 is 0 Å². The topological polar surface area (TPSA) is 28.2 Å². The molecule has 110 valence electrons. The van der Waals surface area contributed by atoms with Crippen LogP contribution in [0.4, 0.5) is 11.5 Å². The van der Waals surface area contributed by atoms with Crippen molar-refractivity contribution < 1.29 is 0 Å². The van der Waals surface area contributed by atoms with Crippen molar-refractivity contribution in [3.05, 3.63) is 52.1 Å². The van der Waals surface area contributed by atoms with Crippen molar-refractivity contribution in [2.24, 2.45) is 0 Å². The number of pyridine rings is 1. The van der Waals surface area contributed by atoms with Crippen LogP contribution >= 0.6 is 23.2 Å². The van der Waals surface area contributed by atoms with Gasteiger partial charge in [-0.25, -0.2) is 4.98 Å².